The van der Waals surface area contributed by atoms with Crippen molar-refractivity contribution in [2.75, 3.05) is 26.5 Å². The molecule has 0 aliphatic heterocycles. The normalized spacial score (nSPS) is 11.5. The molecule has 0 saturated heterocycles. The van der Waals surface area contributed by atoms with Crippen molar-refractivity contribution in [3.05, 3.63) is 65.3 Å². The molecule has 3 rings (SSSR count). The molecular formula is C20H19FN2O4S2. The molecule has 0 unspecified atom stereocenters. The number of nitrogens with zero attached hydrogens (tertiary/aromatic N) is 1. The summed E-state index contributed by atoms with van der Waals surface area (Å²) in [4.78, 5) is 14.0. The van der Waals surface area contributed by atoms with E-state index in [1.807, 2.05) is 0 Å². The van der Waals surface area contributed by atoms with Gasteiger partial charge in [-0.15, -0.1) is 11.3 Å². The highest BCUT2D eigenvalue weighted by molar-refractivity contribution is 7.89. The van der Waals surface area contributed by atoms with Gasteiger partial charge < -0.3 is 10.1 Å². The van der Waals surface area contributed by atoms with Gasteiger partial charge >= 0.3 is 0 Å². The Bertz CT molecular complexity index is 1140. The average Bonchev–Trinajstić information content (AvgIpc) is 3.18. The van der Waals surface area contributed by atoms with Gasteiger partial charge in [0.05, 0.1) is 22.6 Å². The van der Waals surface area contributed by atoms with Crippen LogP contribution < -0.4 is 10.1 Å². The van der Waals surface area contributed by atoms with Crippen molar-refractivity contribution in [3.8, 4) is 16.2 Å². The Morgan fingerprint density at radius 1 is 1.07 bits per heavy atom. The van der Waals surface area contributed by atoms with Crippen LogP contribution in [-0.2, 0) is 10.0 Å². The van der Waals surface area contributed by atoms with E-state index in [1.54, 1.807) is 24.3 Å². The van der Waals surface area contributed by atoms with E-state index in [9.17, 15) is 17.6 Å². The molecule has 2 aromatic carbocycles. The number of sulfonamides is 1. The van der Waals surface area contributed by atoms with Crippen molar-refractivity contribution in [2.24, 2.45) is 0 Å². The zero-order valence-electron chi connectivity index (χ0n) is 16.0. The number of amides is 1. The Balaban J connectivity index is 1.88. The number of halogens is 1. The lowest BCUT2D eigenvalue weighted by Crippen LogP contribution is -2.22. The quantitative estimate of drug-likeness (QED) is 0.635. The molecule has 0 spiro atoms. The predicted molar refractivity (Wildman–Crippen MR) is 112 cm³/mol. The number of benzene rings is 2. The standard InChI is InChI=1S/C20H19FN2O4S2/c1-23(2)29(25,26)15-8-9-17(27-3)16(12-15)22-20(24)19-11-10-18(28-19)13-4-6-14(21)7-5-13/h4-12H,1-3H3,(H,22,24). The monoisotopic (exact) mass is 434 g/mol. The van der Waals surface area contributed by atoms with Crippen LogP contribution in [0.4, 0.5) is 10.1 Å². The van der Waals surface area contributed by atoms with Crippen LogP contribution in [0.3, 0.4) is 0 Å². The van der Waals surface area contributed by atoms with Crippen molar-refractivity contribution >= 4 is 33.0 Å². The van der Waals surface area contributed by atoms with Gasteiger partial charge in [0.1, 0.15) is 11.6 Å². The molecule has 0 aliphatic rings. The fraction of sp³-hybridized carbons (Fsp3) is 0.150. The average molecular weight is 435 g/mol. The van der Waals surface area contributed by atoms with Crippen molar-refractivity contribution in [1.82, 2.24) is 4.31 Å². The minimum atomic E-state index is -3.66. The van der Waals surface area contributed by atoms with Crippen molar-refractivity contribution in [3.63, 3.8) is 0 Å². The van der Waals surface area contributed by atoms with Gasteiger partial charge in [-0.25, -0.2) is 17.1 Å². The Morgan fingerprint density at radius 3 is 2.38 bits per heavy atom. The molecule has 0 aliphatic carbocycles. The van der Waals surface area contributed by atoms with Crippen molar-refractivity contribution < 1.29 is 22.3 Å². The minimum Gasteiger partial charge on any atom is -0.495 e. The maximum absolute atomic E-state index is 13.1. The second-order valence-electron chi connectivity index (χ2n) is 6.27. The van der Waals surface area contributed by atoms with Gasteiger partial charge in [-0.05, 0) is 48.0 Å². The van der Waals surface area contributed by atoms with Gasteiger partial charge in [0, 0.05) is 19.0 Å². The molecule has 6 nitrogen and oxygen atoms in total. The summed E-state index contributed by atoms with van der Waals surface area (Å²) in [7, 11) is 0.634. The van der Waals surface area contributed by atoms with Crippen LogP contribution in [0.1, 0.15) is 9.67 Å². The summed E-state index contributed by atoms with van der Waals surface area (Å²) < 4.78 is 44.2. The maximum Gasteiger partial charge on any atom is 0.265 e. The van der Waals surface area contributed by atoms with Crippen LogP contribution in [0.2, 0.25) is 0 Å². The first kappa shape index (κ1) is 21.0. The third-order valence-electron chi connectivity index (χ3n) is 4.16. The van der Waals surface area contributed by atoms with E-state index in [0.717, 1.165) is 14.7 Å². The number of hydrogen-bond acceptors (Lipinski definition) is 5. The third-order valence-corrected chi connectivity index (χ3v) is 7.10. The number of anilines is 1. The van der Waals surface area contributed by atoms with E-state index in [2.05, 4.69) is 5.32 Å². The Morgan fingerprint density at radius 2 is 1.76 bits per heavy atom. The van der Waals surface area contributed by atoms with Crippen LogP contribution in [0.5, 0.6) is 5.75 Å². The van der Waals surface area contributed by atoms with E-state index in [4.69, 9.17) is 4.74 Å². The third kappa shape index (κ3) is 4.47. The van der Waals surface area contributed by atoms with Gasteiger partial charge in [0.25, 0.3) is 5.91 Å². The van der Waals surface area contributed by atoms with E-state index < -0.39 is 15.9 Å². The number of rotatable bonds is 6. The molecule has 0 fully saturated rings. The van der Waals surface area contributed by atoms with Crippen LogP contribution in [0, 0.1) is 5.82 Å². The van der Waals surface area contributed by atoms with E-state index in [1.165, 1.54) is 62.9 Å². The molecule has 0 radical (unpaired) electrons. The highest BCUT2D eigenvalue weighted by atomic mass is 32.2. The first-order valence-corrected chi connectivity index (χ1v) is 10.8. The number of ether oxygens (including phenoxy) is 1. The van der Waals surface area contributed by atoms with Crippen LogP contribution in [0.15, 0.2) is 59.5 Å². The molecule has 0 bridgehead atoms. The summed E-state index contributed by atoms with van der Waals surface area (Å²) in [5, 5.41) is 2.71. The first-order chi connectivity index (χ1) is 13.7. The van der Waals surface area contributed by atoms with Gasteiger partial charge in [0.2, 0.25) is 10.0 Å². The van der Waals surface area contributed by atoms with E-state index in [-0.39, 0.29) is 16.4 Å². The molecule has 1 N–H and O–H groups in total. The number of carbonyl (C=O) groups is 1. The molecule has 1 amide bonds. The Hall–Kier alpha value is -2.75. The van der Waals surface area contributed by atoms with E-state index in [0.29, 0.717) is 10.6 Å². The summed E-state index contributed by atoms with van der Waals surface area (Å²) in [5.74, 6) is -0.393. The molecule has 29 heavy (non-hydrogen) atoms. The second kappa shape index (κ2) is 8.32. The largest absolute Gasteiger partial charge is 0.495 e. The number of carbonyl (C=O) groups excluding carboxylic acids is 1. The van der Waals surface area contributed by atoms with Crippen LogP contribution >= 0.6 is 11.3 Å². The number of hydrogen-bond donors (Lipinski definition) is 1. The minimum absolute atomic E-state index is 0.0387. The predicted octanol–water partition coefficient (Wildman–Crippen LogP) is 4.07. The van der Waals surface area contributed by atoms with Crippen LogP contribution in [-0.4, -0.2) is 39.8 Å². The van der Waals surface area contributed by atoms with Gasteiger partial charge in [0.15, 0.2) is 0 Å². The zero-order chi connectivity index (χ0) is 21.2. The molecule has 1 aromatic heterocycles. The van der Waals surface area contributed by atoms with E-state index >= 15 is 0 Å². The fourth-order valence-corrected chi connectivity index (χ4v) is 4.40. The van der Waals surface area contributed by atoms with Gasteiger partial charge in [-0.2, -0.15) is 0 Å². The SMILES string of the molecule is COc1ccc(S(=O)(=O)N(C)C)cc1NC(=O)c1ccc(-c2ccc(F)cc2)s1. The fourth-order valence-electron chi connectivity index (χ4n) is 2.57. The first-order valence-electron chi connectivity index (χ1n) is 8.50. The Kier molecular flexibility index (Phi) is 6.02. The van der Waals surface area contributed by atoms with Crippen molar-refractivity contribution in [1.29, 1.82) is 0 Å². The number of nitrogens with one attached hydrogen (secondary N) is 1. The lowest BCUT2D eigenvalue weighted by atomic mass is 10.2. The molecular weight excluding hydrogens is 415 g/mol. The molecule has 152 valence electrons. The smallest absolute Gasteiger partial charge is 0.265 e. The highest BCUT2D eigenvalue weighted by Gasteiger charge is 2.20. The summed E-state index contributed by atoms with van der Waals surface area (Å²) in [6, 6.07) is 13.7. The second-order valence-corrected chi connectivity index (χ2v) is 9.51. The number of thiophene rings is 1. The van der Waals surface area contributed by atoms with Gasteiger partial charge in [-0.3, -0.25) is 4.79 Å². The molecule has 9 heteroatoms. The Labute approximate surface area is 172 Å². The van der Waals surface area contributed by atoms with Crippen molar-refractivity contribution in [2.45, 2.75) is 4.90 Å². The molecule has 3 aromatic rings. The lowest BCUT2D eigenvalue weighted by Gasteiger charge is -2.15. The van der Waals surface area contributed by atoms with Gasteiger partial charge in [-0.1, -0.05) is 12.1 Å². The topological polar surface area (TPSA) is 75.7 Å². The maximum atomic E-state index is 13.1. The molecule has 0 atom stereocenters. The summed E-state index contributed by atoms with van der Waals surface area (Å²) in [6.07, 6.45) is 0. The molecule has 0 saturated carbocycles. The highest BCUT2D eigenvalue weighted by Crippen LogP contribution is 2.31. The summed E-state index contributed by atoms with van der Waals surface area (Å²) >= 11 is 1.25. The summed E-state index contributed by atoms with van der Waals surface area (Å²) in [6.45, 7) is 0. The number of methoxy groups -OCH3 is 1. The molecule has 1 heterocycles. The summed E-state index contributed by atoms with van der Waals surface area (Å²) in [5.41, 5.74) is 1.05. The lowest BCUT2D eigenvalue weighted by molar-refractivity contribution is 0.103. The van der Waals surface area contributed by atoms with Crippen LogP contribution in [0.25, 0.3) is 10.4 Å². The zero-order valence-corrected chi connectivity index (χ0v) is 17.6.